The quantitative estimate of drug-likeness (QED) is 0.798. The fraction of sp³-hybridized carbons (Fsp3) is 0.571. The van der Waals surface area contributed by atoms with Crippen LogP contribution in [0.5, 0.6) is 0 Å². The Bertz CT molecular complexity index is 550. The van der Waals surface area contributed by atoms with Crippen LogP contribution < -0.4 is 5.32 Å². The largest absolute Gasteiger partial charge is 0.383 e. The van der Waals surface area contributed by atoms with Crippen molar-refractivity contribution in [1.82, 2.24) is 15.3 Å². The highest BCUT2D eigenvalue weighted by Gasteiger charge is 2.21. The van der Waals surface area contributed by atoms with Gasteiger partial charge in [-0.1, -0.05) is 6.92 Å². The molecular formula is C14H21N3OS2. The topological polar surface area (TPSA) is 47.0 Å². The SMILES string of the molecule is CCc1nc(C(NCCOC)c2csc(C)n2)sc1C. The molecule has 2 heterocycles. The predicted molar refractivity (Wildman–Crippen MR) is 84.8 cm³/mol. The van der Waals surface area contributed by atoms with E-state index in [0.29, 0.717) is 6.61 Å². The second kappa shape index (κ2) is 7.26. The Morgan fingerprint density at radius 1 is 1.35 bits per heavy atom. The minimum Gasteiger partial charge on any atom is -0.383 e. The van der Waals surface area contributed by atoms with Gasteiger partial charge in [-0.2, -0.15) is 0 Å². The number of thiazole rings is 2. The van der Waals surface area contributed by atoms with E-state index in [-0.39, 0.29) is 6.04 Å². The lowest BCUT2D eigenvalue weighted by Gasteiger charge is -2.14. The molecule has 110 valence electrons. The fourth-order valence-corrected chi connectivity index (χ4v) is 3.78. The summed E-state index contributed by atoms with van der Waals surface area (Å²) >= 11 is 3.44. The van der Waals surface area contributed by atoms with Gasteiger partial charge in [0.25, 0.3) is 0 Å². The third-order valence-corrected chi connectivity index (χ3v) is 4.95. The average Bonchev–Trinajstić information content (AvgIpc) is 3.01. The van der Waals surface area contributed by atoms with Gasteiger partial charge in [0.1, 0.15) is 11.0 Å². The van der Waals surface area contributed by atoms with Crippen molar-refractivity contribution in [2.75, 3.05) is 20.3 Å². The average molecular weight is 311 g/mol. The van der Waals surface area contributed by atoms with Crippen molar-refractivity contribution in [2.45, 2.75) is 33.2 Å². The highest BCUT2D eigenvalue weighted by molar-refractivity contribution is 7.12. The number of rotatable bonds is 7. The van der Waals surface area contributed by atoms with E-state index < -0.39 is 0 Å². The number of methoxy groups -OCH3 is 1. The number of hydrogen-bond acceptors (Lipinski definition) is 6. The van der Waals surface area contributed by atoms with Crippen LogP contribution in [-0.2, 0) is 11.2 Å². The molecule has 0 bridgehead atoms. The van der Waals surface area contributed by atoms with E-state index in [1.54, 1.807) is 29.8 Å². The minimum atomic E-state index is 0.0686. The van der Waals surface area contributed by atoms with Crippen LogP contribution >= 0.6 is 22.7 Å². The number of aromatic nitrogens is 2. The Balaban J connectivity index is 2.24. The van der Waals surface area contributed by atoms with Crippen molar-refractivity contribution in [3.63, 3.8) is 0 Å². The zero-order valence-corrected chi connectivity index (χ0v) is 14.0. The molecule has 2 aromatic rings. The van der Waals surface area contributed by atoms with Gasteiger partial charge in [-0.25, -0.2) is 9.97 Å². The molecule has 4 nitrogen and oxygen atoms in total. The van der Waals surface area contributed by atoms with E-state index in [1.165, 1.54) is 10.6 Å². The Kier molecular flexibility index (Phi) is 5.65. The number of ether oxygens (including phenoxy) is 1. The molecule has 1 N–H and O–H groups in total. The van der Waals surface area contributed by atoms with Crippen molar-refractivity contribution in [1.29, 1.82) is 0 Å². The molecule has 0 saturated carbocycles. The lowest BCUT2D eigenvalue weighted by molar-refractivity contribution is 0.197. The van der Waals surface area contributed by atoms with Crippen molar-refractivity contribution in [2.24, 2.45) is 0 Å². The van der Waals surface area contributed by atoms with Crippen LogP contribution in [0.1, 0.15) is 39.2 Å². The molecule has 0 aliphatic carbocycles. The van der Waals surface area contributed by atoms with Gasteiger partial charge in [0.05, 0.1) is 23.0 Å². The monoisotopic (exact) mass is 311 g/mol. The molecule has 0 fully saturated rings. The first-order chi connectivity index (χ1) is 9.65. The summed E-state index contributed by atoms with van der Waals surface area (Å²) in [6.07, 6.45) is 0.975. The van der Waals surface area contributed by atoms with Crippen LogP contribution in [0.3, 0.4) is 0 Å². The Hall–Kier alpha value is -0.820. The maximum Gasteiger partial charge on any atom is 0.116 e. The summed E-state index contributed by atoms with van der Waals surface area (Å²) in [5.74, 6) is 0. The molecule has 1 unspecified atom stereocenters. The molecule has 0 aliphatic rings. The van der Waals surface area contributed by atoms with Crippen LogP contribution in [-0.4, -0.2) is 30.2 Å². The standard InChI is InChI=1S/C14H21N3OS2/c1-5-11-9(2)20-14(17-11)13(15-6-7-18-4)12-8-19-10(3)16-12/h8,13,15H,5-7H2,1-4H3. The van der Waals surface area contributed by atoms with Gasteiger partial charge in [0, 0.05) is 23.9 Å². The normalized spacial score (nSPS) is 12.8. The third-order valence-electron chi connectivity index (χ3n) is 3.08. The first kappa shape index (κ1) is 15.6. The lowest BCUT2D eigenvalue weighted by Crippen LogP contribution is -2.26. The second-order valence-electron chi connectivity index (χ2n) is 4.58. The van der Waals surface area contributed by atoms with Crippen LogP contribution in [0.2, 0.25) is 0 Å². The van der Waals surface area contributed by atoms with Gasteiger partial charge in [-0.3, -0.25) is 0 Å². The maximum absolute atomic E-state index is 5.12. The van der Waals surface area contributed by atoms with Crippen molar-refractivity contribution in [3.05, 3.63) is 31.7 Å². The molecule has 0 saturated heterocycles. The van der Waals surface area contributed by atoms with Crippen LogP contribution in [0, 0.1) is 13.8 Å². The van der Waals surface area contributed by atoms with E-state index in [1.807, 2.05) is 6.92 Å². The molecule has 1 atom stereocenters. The Morgan fingerprint density at radius 2 is 2.15 bits per heavy atom. The summed E-state index contributed by atoms with van der Waals surface area (Å²) in [7, 11) is 1.71. The van der Waals surface area contributed by atoms with E-state index in [9.17, 15) is 0 Å². The van der Waals surface area contributed by atoms with Gasteiger partial charge in [0.15, 0.2) is 0 Å². The smallest absolute Gasteiger partial charge is 0.116 e. The molecule has 0 radical (unpaired) electrons. The predicted octanol–water partition coefficient (Wildman–Crippen LogP) is 3.10. The zero-order chi connectivity index (χ0) is 14.5. The molecular weight excluding hydrogens is 290 g/mol. The molecule has 0 spiro atoms. The van der Waals surface area contributed by atoms with E-state index >= 15 is 0 Å². The molecule has 0 aliphatic heterocycles. The van der Waals surface area contributed by atoms with Gasteiger partial charge in [0.2, 0.25) is 0 Å². The molecule has 0 amide bonds. The summed E-state index contributed by atoms with van der Waals surface area (Å²) in [6.45, 7) is 7.79. The Morgan fingerprint density at radius 3 is 2.70 bits per heavy atom. The van der Waals surface area contributed by atoms with Crippen molar-refractivity contribution < 1.29 is 4.74 Å². The van der Waals surface area contributed by atoms with E-state index in [2.05, 4.69) is 29.5 Å². The third kappa shape index (κ3) is 3.63. The van der Waals surface area contributed by atoms with Gasteiger partial charge >= 0.3 is 0 Å². The van der Waals surface area contributed by atoms with Gasteiger partial charge in [-0.15, -0.1) is 22.7 Å². The minimum absolute atomic E-state index is 0.0686. The summed E-state index contributed by atoms with van der Waals surface area (Å²) in [4.78, 5) is 10.7. The van der Waals surface area contributed by atoms with Crippen molar-refractivity contribution >= 4 is 22.7 Å². The summed E-state index contributed by atoms with van der Waals surface area (Å²) in [6, 6.07) is 0.0686. The number of nitrogens with zero attached hydrogens (tertiary/aromatic N) is 2. The van der Waals surface area contributed by atoms with Gasteiger partial charge in [-0.05, 0) is 20.3 Å². The van der Waals surface area contributed by atoms with Crippen LogP contribution in [0.15, 0.2) is 5.38 Å². The first-order valence-corrected chi connectivity index (χ1v) is 8.45. The molecule has 6 heteroatoms. The number of aryl methyl sites for hydroxylation is 3. The van der Waals surface area contributed by atoms with Gasteiger partial charge < -0.3 is 10.1 Å². The second-order valence-corrected chi connectivity index (χ2v) is 6.88. The molecule has 2 aromatic heterocycles. The molecule has 2 rings (SSSR count). The highest BCUT2D eigenvalue weighted by atomic mass is 32.1. The molecule has 0 aromatic carbocycles. The summed E-state index contributed by atoms with van der Waals surface area (Å²) in [5.41, 5.74) is 2.25. The molecule has 20 heavy (non-hydrogen) atoms. The number of hydrogen-bond donors (Lipinski definition) is 1. The lowest BCUT2D eigenvalue weighted by atomic mass is 10.2. The first-order valence-electron chi connectivity index (χ1n) is 6.76. The number of nitrogens with one attached hydrogen (secondary N) is 1. The summed E-state index contributed by atoms with van der Waals surface area (Å²) < 4.78 is 5.12. The maximum atomic E-state index is 5.12. The van der Waals surface area contributed by atoms with Crippen molar-refractivity contribution in [3.8, 4) is 0 Å². The highest BCUT2D eigenvalue weighted by Crippen LogP contribution is 2.29. The summed E-state index contributed by atoms with van der Waals surface area (Å²) in [5, 5.41) is 7.80. The van der Waals surface area contributed by atoms with Crippen LogP contribution in [0.4, 0.5) is 0 Å². The van der Waals surface area contributed by atoms with E-state index in [4.69, 9.17) is 9.72 Å². The van der Waals surface area contributed by atoms with E-state index in [0.717, 1.165) is 28.7 Å². The zero-order valence-electron chi connectivity index (χ0n) is 12.4. The van der Waals surface area contributed by atoms with Crippen LogP contribution in [0.25, 0.3) is 0 Å². The fourth-order valence-electron chi connectivity index (χ4n) is 2.04. The Labute approximate surface area is 128 Å².